The van der Waals surface area contributed by atoms with Crippen molar-refractivity contribution in [1.29, 1.82) is 0 Å². The average Bonchev–Trinajstić information content (AvgIpc) is 1.46. The van der Waals surface area contributed by atoms with Crippen LogP contribution in [0.5, 0.6) is 0 Å². The Morgan fingerprint density at radius 1 is 1.20 bits per heavy atom. The van der Waals surface area contributed by atoms with E-state index in [1.807, 2.05) is 0 Å². The molecule has 0 amide bonds. The molecule has 0 saturated carbocycles. The molecular weight excluding hydrogens is 135 g/mol. The summed E-state index contributed by atoms with van der Waals surface area (Å²) in [4.78, 5) is 0. The van der Waals surface area contributed by atoms with Crippen molar-refractivity contribution >= 4 is 9.29 Å². The van der Waals surface area contributed by atoms with Crippen LogP contribution in [0.4, 0.5) is 0 Å². The van der Waals surface area contributed by atoms with Crippen LogP contribution in [0.15, 0.2) is 0 Å². The van der Waals surface area contributed by atoms with Crippen LogP contribution >= 0.6 is 0 Å². The summed E-state index contributed by atoms with van der Waals surface area (Å²) in [5, 5.41) is 0. The topological polar surface area (TPSA) is 51.2 Å². The molecule has 5 heavy (non-hydrogen) atoms. The van der Waals surface area contributed by atoms with E-state index in [1.165, 1.54) is 0 Å². The van der Waals surface area contributed by atoms with E-state index in [0.717, 1.165) is 0 Å². The SMILES string of the molecule is O=[Si]=O.[O]=[Ni]. The van der Waals surface area contributed by atoms with Crippen molar-refractivity contribution in [2.75, 3.05) is 0 Å². The van der Waals surface area contributed by atoms with Crippen LogP contribution in [-0.4, -0.2) is 9.29 Å². The Labute approximate surface area is 38.3 Å². The number of hydrogen-bond donors (Lipinski definition) is 0. The van der Waals surface area contributed by atoms with Gasteiger partial charge in [0.1, 0.15) is 0 Å². The summed E-state index contributed by atoms with van der Waals surface area (Å²) in [6.45, 7) is 0. The minimum atomic E-state index is -1.42. The molecule has 0 aliphatic carbocycles. The van der Waals surface area contributed by atoms with Crippen LogP contribution in [0.3, 0.4) is 0 Å². The van der Waals surface area contributed by atoms with Crippen LogP contribution < -0.4 is 0 Å². The third-order valence-corrected chi connectivity index (χ3v) is 0. The van der Waals surface area contributed by atoms with Crippen molar-refractivity contribution in [3.05, 3.63) is 0 Å². The Morgan fingerprint density at radius 3 is 1.20 bits per heavy atom. The maximum absolute atomic E-state index is 8.40. The minimum absolute atomic E-state index is 1.42. The molecule has 0 fully saturated rings. The molecule has 3 nitrogen and oxygen atoms in total. The molecule has 0 unspecified atom stereocenters. The van der Waals surface area contributed by atoms with Crippen molar-refractivity contribution < 1.29 is 28.2 Å². The van der Waals surface area contributed by atoms with E-state index in [1.54, 1.807) is 0 Å². The zero-order valence-corrected chi connectivity index (χ0v) is 4.03. The van der Waals surface area contributed by atoms with E-state index in [4.69, 9.17) is 12.8 Å². The first kappa shape index (κ1) is 8.92. The molecule has 0 aliphatic rings. The Morgan fingerprint density at radius 2 is 1.20 bits per heavy atom. The summed E-state index contributed by atoms with van der Waals surface area (Å²) >= 11 is 2.62. The third kappa shape index (κ3) is 1500. The number of hydrogen-bond acceptors (Lipinski definition) is 3. The zero-order chi connectivity index (χ0) is 4.71. The fourth-order valence-electron chi connectivity index (χ4n) is 0. The van der Waals surface area contributed by atoms with E-state index in [9.17, 15) is 0 Å². The molecule has 0 aromatic heterocycles. The van der Waals surface area contributed by atoms with Crippen LogP contribution in [0.2, 0.25) is 0 Å². The van der Waals surface area contributed by atoms with E-state index in [-0.39, 0.29) is 0 Å². The van der Waals surface area contributed by atoms with Gasteiger partial charge in [0.15, 0.2) is 0 Å². The Bertz CT molecular complexity index is 36.2. The second-order valence-corrected chi connectivity index (χ2v) is 0.250. The standard InChI is InChI=1S/Ni.O2Si.O/c;1-3-2;. The summed E-state index contributed by atoms with van der Waals surface area (Å²) in [5.74, 6) is 0. The fraction of sp³-hybridized carbons (Fsp3) is 0. The van der Waals surface area contributed by atoms with Crippen LogP contribution in [0.25, 0.3) is 0 Å². The molecule has 0 atom stereocenters. The van der Waals surface area contributed by atoms with Crippen molar-refractivity contribution in [2.24, 2.45) is 0 Å². The van der Waals surface area contributed by atoms with E-state index >= 15 is 0 Å². The monoisotopic (exact) mass is 134 g/mol. The van der Waals surface area contributed by atoms with Gasteiger partial charge in [-0.25, -0.2) is 0 Å². The van der Waals surface area contributed by atoms with E-state index < -0.39 is 9.29 Å². The molecule has 0 spiro atoms. The molecule has 0 N–H and O–H groups in total. The quantitative estimate of drug-likeness (QED) is 0.411. The summed E-state index contributed by atoms with van der Waals surface area (Å²) in [7, 11) is -1.42. The fourth-order valence-corrected chi connectivity index (χ4v) is 0. The van der Waals surface area contributed by atoms with Crippen molar-refractivity contribution in [1.82, 2.24) is 0 Å². The Balaban J connectivity index is 0. The molecule has 0 bridgehead atoms. The van der Waals surface area contributed by atoms with Crippen molar-refractivity contribution in [3.63, 3.8) is 0 Å². The van der Waals surface area contributed by atoms with Gasteiger partial charge in [-0.05, 0) is 0 Å². The van der Waals surface area contributed by atoms with Gasteiger partial charge in [-0.2, -0.15) is 0 Å². The van der Waals surface area contributed by atoms with Crippen LogP contribution in [-0.2, 0) is 28.2 Å². The molecule has 0 rings (SSSR count). The van der Waals surface area contributed by atoms with Crippen molar-refractivity contribution in [2.45, 2.75) is 0 Å². The van der Waals surface area contributed by atoms with Crippen LogP contribution in [0, 0.1) is 0 Å². The van der Waals surface area contributed by atoms with E-state index in [0.29, 0.717) is 0 Å². The molecule has 5 heteroatoms. The first-order valence-corrected chi connectivity index (χ1v) is 1.76. The summed E-state index contributed by atoms with van der Waals surface area (Å²) < 4.78 is 24.7. The van der Waals surface area contributed by atoms with E-state index in [2.05, 4.69) is 15.4 Å². The first-order valence-electron chi connectivity index (χ1n) is 0.537. The molecule has 0 radical (unpaired) electrons. The molecule has 0 heterocycles. The second kappa shape index (κ2) is 32.3. The second-order valence-electron chi connectivity index (χ2n) is 0.0833. The third-order valence-electron chi connectivity index (χ3n) is 0. The first-order chi connectivity index (χ1) is 2.41. The summed E-state index contributed by atoms with van der Waals surface area (Å²) in [5.41, 5.74) is 0. The van der Waals surface area contributed by atoms with Gasteiger partial charge in [0.25, 0.3) is 0 Å². The van der Waals surface area contributed by atoms with Gasteiger partial charge in [-0.3, -0.25) is 8.92 Å². The molecule has 0 aliphatic heterocycles. The molecule has 0 aromatic carbocycles. The van der Waals surface area contributed by atoms with Gasteiger partial charge >= 0.3 is 28.6 Å². The van der Waals surface area contributed by atoms with Crippen molar-refractivity contribution in [3.8, 4) is 0 Å². The predicted molar refractivity (Wildman–Crippen MR) is 7.81 cm³/mol. The van der Waals surface area contributed by atoms with Gasteiger partial charge in [-0.1, -0.05) is 0 Å². The van der Waals surface area contributed by atoms with Gasteiger partial charge in [0.2, 0.25) is 0 Å². The predicted octanol–water partition coefficient (Wildman–Crippen LogP) is -0.740. The maximum atomic E-state index is 8.40. The molecular formula is NiO3Si. The summed E-state index contributed by atoms with van der Waals surface area (Å²) in [6, 6.07) is 0. The Hall–Kier alpha value is 0.110. The molecule has 0 aromatic rings. The van der Waals surface area contributed by atoms with Gasteiger partial charge in [-0.15, -0.1) is 0 Å². The normalized spacial score (nSPS) is 2.80. The van der Waals surface area contributed by atoms with Crippen LogP contribution in [0.1, 0.15) is 0 Å². The number of rotatable bonds is 0. The average molecular weight is 135 g/mol. The van der Waals surface area contributed by atoms with Gasteiger partial charge in [0.05, 0.1) is 0 Å². The zero-order valence-electron chi connectivity index (χ0n) is 2.04. The van der Waals surface area contributed by atoms with Gasteiger partial charge in [0, 0.05) is 0 Å². The van der Waals surface area contributed by atoms with Gasteiger partial charge < -0.3 is 0 Å². The molecule has 0 saturated heterocycles. The Kier molecular flexibility index (Phi) is 57.6. The summed E-state index contributed by atoms with van der Waals surface area (Å²) in [6.07, 6.45) is 0. The molecule has 32 valence electrons.